The van der Waals surface area contributed by atoms with Crippen molar-refractivity contribution in [2.24, 2.45) is 0 Å². The van der Waals surface area contributed by atoms with Crippen LogP contribution in [0.15, 0.2) is 16.9 Å². The maximum Gasteiger partial charge on any atom is 0.318 e. The van der Waals surface area contributed by atoms with Gasteiger partial charge < -0.3 is 4.74 Å². The summed E-state index contributed by atoms with van der Waals surface area (Å²) in [6.07, 6.45) is 2.97. The van der Waals surface area contributed by atoms with Crippen LogP contribution in [0.3, 0.4) is 0 Å². The smallest absolute Gasteiger partial charge is 0.318 e. The van der Waals surface area contributed by atoms with Gasteiger partial charge >= 0.3 is 6.01 Å². The molecule has 0 bridgehead atoms. The molecular formula is C5H4BrFN2O. The van der Waals surface area contributed by atoms with E-state index in [4.69, 9.17) is 0 Å². The first-order valence-electron chi connectivity index (χ1n) is 2.49. The van der Waals surface area contributed by atoms with Crippen LogP contribution in [0.4, 0.5) is 4.39 Å². The van der Waals surface area contributed by atoms with E-state index in [2.05, 4.69) is 30.6 Å². The Kier molecular flexibility index (Phi) is 2.56. The van der Waals surface area contributed by atoms with Gasteiger partial charge in [-0.2, -0.15) is 0 Å². The van der Waals surface area contributed by atoms with Gasteiger partial charge in [-0.1, -0.05) is 0 Å². The van der Waals surface area contributed by atoms with Crippen LogP contribution >= 0.6 is 15.9 Å². The molecule has 0 aromatic carbocycles. The second-order valence-electron chi connectivity index (χ2n) is 1.44. The Hall–Kier alpha value is -0.710. The van der Waals surface area contributed by atoms with E-state index in [9.17, 15) is 4.39 Å². The van der Waals surface area contributed by atoms with Gasteiger partial charge in [0.2, 0.25) is 6.86 Å². The van der Waals surface area contributed by atoms with Crippen molar-refractivity contribution in [2.75, 3.05) is 6.86 Å². The molecule has 0 saturated carbocycles. The standard InChI is InChI=1S/C5H4BrFN2O/c6-4-1-8-5(9-2-4)10-3-7/h1-2H,3H2. The van der Waals surface area contributed by atoms with Gasteiger partial charge in [0.15, 0.2) is 0 Å². The number of rotatable bonds is 2. The number of ether oxygens (including phenoxy) is 1. The Morgan fingerprint density at radius 3 is 2.60 bits per heavy atom. The lowest BCUT2D eigenvalue weighted by Gasteiger charge is -1.95. The lowest BCUT2D eigenvalue weighted by atomic mass is 10.7. The van der Waals surface area contributed by atoms with Crippen molar-refractivity contribution in [3.8, 4) is 6.01 Å². The third-order valence-corrected chi connectivity index (χ3v) is 1.19. The molecule has 0 aliphatic heterocycles. The van der Waals surface area contributed by atoms with Crippen molar-refractivity contribution in [1.29, 1.82) is 0 Å². The maximum absolute atomic E-state index is 11.5. The second kappa shape index (κ2) is 3.46. The normalized spacial score (nSPS) is 9.40. The first-order valence-corrected chi connectivity index (χ1v) is 3.28. The van der Waals surface area contributed by atoms with E-state index in [1.54, 1.807) is 0 Å². The van der Waals surface area contributed by atoms with Crippen LogP contribution in [0.1, 0.15) is 0 Å². The third-order valence-electron chi connectivity index (χ3n) is 0.780. The summed E-state index contributed by atoms with van der Waals surface area (Å²) < 4.78 is 16.6. The van der Waals surface area contributed by atoms with Crippen molar-refractivity contribution >= 4 is 15.9 Å². The highest BCUT2D eigenvalue weighted by Crippen LogP contribution is 2.07. The van der Waals surface area contributed by atoms with Crippen molar-refractivity contribution in [2.45, 2.75) is 0 Å². The van der Waals surface area contributed by atoms with Gasteiger partial charge in [-0.3, -0.25) is 0 Å². The zero-order chi connectivity index (χ0) is 7.40. The zero-order valence-electron chi connectivity index (χ0n) is 4.92. The SMILES string of the molecule is FCOc1ncc(Br)cn1. The molecule has 0 unspecified atom stereocenters. The summed E-state index contributed by atoms with van der Waals surface area (Å²) in [7, 11) is 0. The minimum Gasteiger partial charge on any atom is -0.431 e. The van der Waals surface area contributed by atoms with Gasteiger partial charge in [-0.25, -0.2) is 14.4 Å². The van der Waals surface area contributed by atoms with Crippen molar-refractivity contribution < 1.29 is 9.13 Å². The molecule has 1 aromatic heterocycles. The topological polar surface area (TPSA) is 35.0 Å². The van der Waals surface area contributed by atoms with Gasteiger partial charge in [0, 0.05) is 12.4 Å². The average molecular weight is 207 g/mol. The molecule has 0 amide bonds. The Morgan fingerprint density at radius 1 is 1.50 bits per heavy atom. The fraction of sp³-hybridized carbons (Fsp3) is 0.200. The van der Waals surface area contributed by atoms with Crippen molar-refractivity contribution in [1.82, 2.24) is 9.97 Å². The summed E-state index contributed by atoms with van der Waals surface area (Å²) in [5.74, 6) is 0. The minimum absolute atomic E-state index is 0.0469. The highest BCUT2D eigenvalue weighted by Gasteiger charge is 1.93. The molecule has 0 N–H and O–H groups in total. The zero-order valence-corrected chi connectivity index (χ0v) is 6.51. The highest BCUT2D eigenvalue weighted by atomic mass is 79.9. The largest absolute Gasteiger partial charge is 0.431 e. The number of nitrogens with zero attached hydrogens (tertiary/aromatic N) is 2. The molecule has 1 heterocycles. The number of alkyl halides is 1. The lowest BCUT2D eigenvalue weighted by Crippen LogP contribution is -1.94. The molecule has 0 saturated heterocycles. The summed E-state index contributed by atoms with van der Waals surface area (Å²) in [6, 6.07) is 0.0469. The molecule has 0 atom stereocenters. The molecule has 3 nitrogen and oxygen atoms in total. The number of hydrogen-bond acceptors (Lipinski definition) is 3. The van der Waals surface area contributed by atoms with Crippen LogP contribution in [0, 0.1) is 0 Å². The summed E-state index contributed by atoms with van der Waals surface area (Å²) in [5, 5.41) is 0. The minimum atomic E-state index is -0.901. The molecular weight excluding hydrogens is 203 g/mol. The van der Waals surface area contributed by atoms with Gasteiger partial charge in [0.05, 0.1) is 4.47 Å². The Labute approximate surface area is 65.4 Å². The van der Waals surface area contributed by atoms with Crippen molar-refractivity contribution in [3.05, 3.63) is 16.9 Å². The van der Waals surface area contributed by atoms with E-state index in [0.717, 1.165) is 4.47 Å². The van der Waals surface area contributed by atoms with Crippen LogP contribution in [-0.2, 0) is 0 Å². The van der Waals surface area contributed by atoms with E-state index >= 15 is 0 Å². The molecule has 0 aliphatic rings. The monoisotopic (exact) mass is 206 g/mol. The quantitative estimate of drug-likeness (QED) is 0.737. The Bertz CT molecular complexity index is 203. The molecule has 0 spiro atoms. The van der Waals surface area contributed by atoms with E-state index < -0.39 is 6.86 Å². The molecule has 5 heteroatoms. The van der Waals surface area contributed by atoms with Gasteiger partial charge in [0.25, 0.3) is 0 Å². The van der Waals surface area contributed by atoms with E-state index in [-0.39, 0.29) is 6.01 Å². The maximum atomic E-state index is 11.5. The van der Waals surface area contributed by atoms with Crippen LogP contribution < -0.4 is 4.74 Å². The van der Waals surface area contributed by atoms with E-state index in [0.29, 0.717) is 0 Å². The second-order valence-corrected chi connectivity index (χ2v) is 2.35. The Balaban J connectivity index is 2.69. The predicted octanol–water partition coefficient (Wildman–Crippen LogP) is 1.54. The molecule has 10 heavy (non-hydrogen) atoms. The fourth-order valence-corrected chi connectivity index (χ4v) is 0.629. The first kappa shape index (κ1) is 7.40. The van der Waals surface area contributed by atoms with Crippen LogP contribution in [0.2, 0.25) is 0 Å². The molecule has 0 aliphatic carbocycles. The first-order chi connectivity index (χ1) is 4.83. The van der Waals surface area contributed by atoms with Crippen LogP contribution in [-0.4, -0.2) is 16.8 Å². The summed E-state index contributed by atoms with van der Waals surface area (Å²) >= 11 is 3.12. The summed E-state index contributed by atoms with van der Waals surface area (Å²) in [5.41, 5.74) is 0. The van der Waals surface area contributed by atoms with E-state index in [1.165, 1.54) is 12.4 Å². The average Bonchev–Trinajstić information content (AvgIpc) is 1.95. The van der Waals surface area contributed by atoms with Crippen LogP contribution in [0.25, 0.3) is 0 Å². The van der Waals surface area contributed by atoms with E-state index in [1.807, 2.05) is 0 Å². The third kappa shape index (κ3) is 1.91. The number of halogens is 2. The fourth-order valence-electron chi connectivity index (χ4n) is 0.424. The van der Waals surface area contributed by atoms with Crippen molar-refractivity contribution in [3.63, 3.8) is 0 Å². The molecule has 1 rings (SSSR count). The lowest BCUT2D eigenvalue weighted by molar-refractivity contribution is 0.177. The van der Waals surface area contributed by atoms with Gasteiger partial charge in [0.1, 0.15) is 0 Å². The van der Waals surface area contributed by atoms with Crippen LogP contribution in [0.5, 0.6) is 6.01 Å². The molecule has 54 valence electrons. The number of aromatic nitrogens is 2. The molecule has 1 aromatic rings. The molecule has 0 fully saturated rings. The van der Waals surface area contributed by atoms with Gasteiger partial charge in [-0.15, -0.1) is 0 Å². The summed E-state index contributed by atoms with van der Waals surface area (Å²) in [6.45, 7) is -0.901. The highest BCUT2D eigenvalue weighted by molar-refractivity contribution is 9.10. The molecule has 0 radical (unpaired) electrons. The Morgan fingerprint density at radius 2 is 2.10 bits per heavy atom. The number of hydrogen-bond donors (Lipinski definition) is 0. The summed E-state index contributed by atoms with van der Waals surface area (Å²) in [4.78, 5) is 7.30. The van der Waals surface area contributed by atoms with Gasteiger partial charge in [-0.05, 0) is 15.9 Å². The predicted molar refractivity (Wildman–Crippen MR) is 36.3 cm³/mol.